The van der Waals surface area contributed by atoms with E-state index in [0.29, 0.717) is 0 Å². The highest BCUT2D eigenvalue weighted by Crippen LogP contribution is 2.46. The van der Waals surface area contributed by atoms with Gasteiger partial charge >= 0.3 is 0 Å². The maximum absolute atomic E-state index is 7.00. The molecule has 286 valence electrons. The van der Waals surface area contributed by atoms with E-state index in [9.17, 15) is 0 Å². The lowest BCUT2D eigenvalue weighted by Gasteiger charge is -2.26. The lowest BCUT2D eigenvalue weighted by Crippen LogP contribution is -2.10. The van der Waals surface area contributed by atoms with E-state index in [-0.39, 0.29) is 0 Å². The fourth-order valence-electron chi connectivity index (χ4n) is 9.23. The molecule has 3 nitrogen and oxygen atoms in total. The highest BCUT2D eigenvalue weighted by molar-refractivity contribution is 6.14. The van der Waals surface area contributed by atoms with Gasteiger partial charge in [0, 0.05) is 44.0 Å². The van der Waals surface area contributed by atoms with Crippen molar-refractivity contribution in [3.8, 4) is 44.5 Å². The fraction of sp³-hybridized carbons (Fsp3) is 0. The SMILES string of the molecule is c1ccc(-c2ccc(-c3ccc(N(c4ccc(-c5cccc6c5oc5ccccc56)cc4)c4cccc5c4oc4c(-c6ccccc6)cccc45)cc3)c3ccccc23)cc1. The van der Waals surface area contributed by atoms with Gasteiger partial charge in [-0.05, 0) is 80.6 Å². The molecule has 0 N–H and O–H groups in total. The largest absolute Gasteiger partial charge is 0.455 e. The number of anilines is 3. The lowest BCUT2D eigenvalue weighted by atomic mass is 9.92. The minimum Gasteiger partial charge on any atom is -0.455 e. The summed E-state index contributed by atoms with van der Waals surface area (Å²) in [5, 5.41) is 6.87. The molecule has 0 saturated heterocycles. The third-order valence-electron chi connectivity index (χ3n) is 12.1. The summed E-state index contributed by atoms with van der Waals surface area (Å²) in [4.78, 5) is 2.32. The molecule has 0 atom stereocenters. The first-order chi connectivity index (χ1) is 30.3. The van der Waals surface area contributed by atoms with Crippen LogP contribution in [0.1, 0.15) is 0 Å². The van der Waals surface area contributed by atoms with Crippen LogP contribution in [0.3, 0.4) is 0 Å². The van der Waals surface area contributed by atoms with Gasteiger partial charge < -0.3 is 13.7 Å². The zero-order valence-electron chi connectivity index (χ0n) is 33.1. The Bertz CT molecular complexity index is 3560. The molecule has 0 unspecified atom stereocenters. The first kappa shape index (κ1) is 34.9. The van der Waals surface area contributed by atoms with E-state index in [2.05, 4.69) is 211 Å². The number of furan rings is 2. The number of para-hydroxylation sites is 4. The van der Waals surface area contributed by atoms with Crippen molar-refractivity contribution in [3.05, 3.63) is 224 Å². The Labute approximate surface area is 353 Å². The van der Waals surface area contributed by atoms with E-state index in [1.807, 2.05) is 18.2 Å². The second kappa shape index (κ2) is 14.3. The molecule has 10 aromatic carbocycles. The molecule has 0 radical (unpaired) electrons. The molecule has 12 rings (SSSR count). The maximum atomic E-state index is 7.00. The van der Waals surface area contributed by atoms with Crippen LogP contribution < -0.4 is 4.90 Å². The van der Waals surface area contributed by atoms with Crippen LogP contribution in [-0.2, 0) is 0 Å². The van der Waals surface area contributed by atoms with Gasteiger partial charge in [-0.15, -0.1) is 0 Å². The molecule has 0 aliphatic carbocycles. The van der Waals surface area contributed by atoms with Crippen LogP contribution in [-0.4, -0.2) is 0 Å². The number of hydrogen-bond donors (Lipinski definition) is 0. The molecule has 0 saturated carbocycles. The molecule has 0 spiro atoms. The molecule has 0 bridgehead atoms. The zero-order chi connectivity index (χ0) is 40.3. The Morgan fingerprint density at radius 2 is 0.656 bits per heavy atom. The van der Waals surface area contributed by atoms with Crippen LogP contribution in [0.2, 0.25) is 0 Å². The van der Waals surface area contributed by atoms with Gasteiger partial charge in [0.25, 0.3) is 0 Å². The van der Waals surface area contributed by atoms with Crippen LogP contribution in [0.25, 0.3) is 99.2 Å². The molecular formula is C58H37NO2. The highest BCUT2D eigenvalue weighted by atomic mass is 16.3. The maximum Gasteiger partial charge on any atom is 0.159 e. The minimum absolute atomic E-state index is 0.837. The van der Waals surface area contributed by atoms with Crippen LogP contribution in [0.5, 0.6) is 0 Å². The van der Waals surface area contributed by atoms with Crippen molar-refractivity contribution in [3.63, 3.8) is 0 Å². The summed E-state index contributed by atoms with van der Waals surface area (Å²) in [6, 6.07) is 79.7. The van der Waals surface area contributed by atoms with Gasteiger partial charge in [-0.2, -0.15) is 0 Å². The normalized spacial score (nSPS) is 11.6. The van der Waals surface area contributed by atoms with Crippen molar-refractivity contribution in [1.82, 2.24) is 0 Å². The Balaban J connectivity index is 1.01. The molecule has 0 aliphatic heterocycles. The Morgan fingerprint density at radius 3 is 1.25 bits per heavy atom. The summed E-state index contributed by atoms with van der Waals surface area (Å²) >= 11 is 0. The van der Waals surface area contributed by atoms with Crippen molar-refractivity contribution >= 4 is 71.7 Å². The molecule has 0 aliphatic rings. The van der Waals surface area contributed by atoms with Crippen molar-refractivity contribution < 1.29 is 8.83 Å². The molecule has 61 heavy (non-hydrogen) atoms. The van der Waals surface area contributed by atoms with Gasteiger partial charge in [0.1, 0.15) is 16.7 Å². The average molecular weight is 780 g/mol. The number of rotatable bonds is 7. The first-order valence-corrected chi connectivity index (χ1v) is 20.7. The van der Waals surface area contributed by atoms with E-state index in [1.165, 1.54) is 27.5 Å². The smallest absolute Gasteiger partial charge is 0.159 e. The summed E-state index contributed by atoms with van der Waals surface area (Å²) in [5.41, 5.74) is 15.7. The lowest BCUT2D eigenvalue weighted by molar-refractivity contribution is 0.670. The molecular weight excluding hydrogens is 743 g/mol. The summed E-state index contributed by atoms with van der Waals surface area (Å²) in [6.45, 7) is 0. The second-order valence-electron chi connectivity index (χ2n) is 15.6. The van der Waals surface area contributed by atoms with Crippen molar-refractivity contribution in [2.24, 2.45) is 0 Å². The molecule has 2 aromatic heterocycles. The monoisotopic (exact) mass is 779 g/mol. The number of nitrogens with zero attached hydrogens (tertiary/aromatic N) is 1. The third kappa shape index (κ3) is 5.82. The van der Waals surface area contributed by atoms with Crippen LogP contribution in [0.4, 0.5) is 17.1 Å². The molecule has 12 aromatic rings. The van der Waals surface area contributed by atoms with Crippen LogP contribution in [0, 0.1) is 0 Å². The van der Waals surface area contributed by atoms with Gasteiger partial charge in [0.05, 0.1) is 5.69 Å². The average Bonchev–Trinajstić information content (AvgIpc) is 3.92. The summed E-state index contributed by atoms with van der Waals surface area (Å²) in [7, 11) is 0. The molecule has 3 heteroatoms. The first-order valence-electron chi connectivity index (χ1n) is 20.7. The fourth-order valence-corrected chi connectivity index (χ4v) is 9.23. The predicted molar refractivity (Wildman–Crippen MR) is 255 cm³/mol. The topological polar surface area (TPSA) is 29.5 Å². The predicted octanol–water partition coefficient (Wildman–Crippen LogP) is 16.8. The van der Waals surface area contributed by atoms with E-state index < -0.39 is 0 Å². The van der Waals surface area contributed by atoms with E-state index in [0.717, 1.165) is 88.8 Å². The van der Waals surface area contributed by atoms with Gasteiger partial charge in [0.15, 0.2) is 5.58 Å². The molecule has 2 heterocycles. The van der Waals surface area contributed by atoms with E-state index >= 15 is 0 Å². The van der Waals surface area contributed by atoms with E-state index in [1.54, 1.807) is 0 Å². The molecule has 0 fully saturated rings. The van der Waals surface area contributed by atoms with Gasteiger partial charge in [0.2, 0.25) is 0 Å². The third-order valence-corrected chi connectivity index (χ3v) is 12.1. The standard InChI is InChI=1S/C58H37NO2/c1-3-14-38(15-4-1)44-36-37-45(49-19-8-7-18-48(44)49)40-28-32-42(33-29-40)59(43-34-30-41(31-35-43)47-22-11-23-51-50-20-9-10-27-55(50)60-56(47)51)54-26-13-25-53-52-24-12-21-46(57(52)61-58(53)54)39-16-5-2-6-17-39/h1-37H. The van der Waals surface area contributed by atoms with Gasteiger partial charge in [-0.25, -0.2) is 0 Å². The quantitative estimate of drug-likeness (QED) is 0.161. The second-order valence-corrected chi connectivity index (χ2v) is 15.6. The van der Waals surface area contributed by atoms with Crippen LogP contribution >= 0.6 is 0 Å². The summed E-state index contributed by atoms with van der Waals surface area (Å²) < 4.78 is 13.5. The molecule has 0 amide bonds. The van der Waals surface area contributed by atoms with E-state index in [4.69, 9.17) is 8.83 Å². The minimum atomic E-state index is 0.837. The number of hydrogen-bond acceptors (Lipinski definition) is 3. The van der Waals surface area contributed by atoms with Gasteiger partial charge in [-0.1, -0.05) is 188 Å². The summed E-state index contributed by atoms with van der Waals surface area (Å²) in [5.74, 6) is 0. The number of fused-ring (bicyclic) bond motifs is 7. The Kier molecular flexibility index (Phi) is 8.17. The van der Waals surface area contributed by atoms with Crippen LogP contribution in [0.15, 0.2) is 233 Å². The summed E-state index contributed by atoms with van der Waals surface area (Å²) in [6.07, 6.45) is 0. The highest BCUT2D eigenvalue weighted by Gasteiger charge is 2.22. The van der Waals surface area contributed by atoms with Crippen molar-refractivity contribution in [2.75, 3.05) is 4.90 Å². The Morgan fingerprint density at radius 1 is 0.246 bits per heavy atom. The Hall–Kier alpha value is -8.14. The van der Waals surface area contributed by atoms with Crippen molar-refractivity contribution in [2.45, 2.75) is 0 Å². The zero-order valence-corrected chi connectivity index (χ0v) is 33.1. The van der Waals surface area contributed by atoms with Gasteiger partial charge in [-0.3, -0.25) is 0 Å². The van der Waals surface area contributed by atoms with Crippen molar-refractivity contribution in [1.29, 1.82) is 0 Å². The number of benzene rings is 10.